The highest BCUT2D eigenvalue weighted by Crippen LogP contribution is 2.67. The third-order valence-electron chi connectivity index (χ3n) is 33.5. The Morgan fingerprint density at radius 2 is 0.628 bits per heavy atom. The van der Waals surface area contributed by atoms with E-state index in [9.17, 15) is 24.0 Å². The Hall–Kier alpha value is -2.65. The number of hydrogen-bond acceptors (Lipinski definition) is 10. The van der Waals surface area contributed by atoms with E-state index < -0.39 is 0 Å². The van der Waals surface area contributed by atoms with E-state index >= 15 is 0 Å². The van der Waals surface area contributed by atoms with Crippen LogP contribution >= 0.6 is 0 Å². The number of unbranched alkanes of at least 4 members (excludes halogenated alkanes) is 1. The first kappa shape index (κ1) is 110. The van der Waals surface area contributed by atoms with Crippen molar-refractivity contribution in [3.63, 3.8) is 0 Å². The van der Waals surface area contributed by atoms with Crippen molar-refractivity contribution in [1.82, 2.24) is 0 Å². The number of hydrogen-bond donors (Lipinski definition) is 0. The maximum atomic E-state index is 12.8. The monoisotopic (exact) mass is 1600 g/mol. The standard InChI is InChI=1S/C20H34O2.C19H32O2.C19H34O2.C18H30O2.C17H28O2.10CH4/c1-5-7-8-20(22-18(21)19(3,4)6-2)16-10-14-9-15(12-16)13-17(20)11-14;1-6-17(2,3)16(20)21-18(4,5)19-10-13-7-14(11-19)9-15(8-13)12-19;1-6-19(4,5)18(20)21-17(13(2)3)16-11-14-8-7-9-15(10-14)12-16;1-5-17(3,4)16(19)20-18(6-2)14-8-12-7-13(10-14)11-15(18)9-12;1-5-16(2,3)15(18)19-17(4)13-7-11-6-12(9-13)10-14(17)8-11;;;;;;;;;;/h14-17H,5-13H2,1-4H3;13-15H,6-12H2,1-5H3;13-17H,6-12H2,1-5H3;12-15H,5-11H2,1-4H3;11-14H,5-10H2,1-4H3;10*1H4. The van der Waals surface area contributed by atoms with Gasteiger partial charge in [-0.3, -0.25) is 24.0 Å². The molecule has 0 radical (unpaired) electrons. The lowest BCUT2D eigenvalue weighted by molar-refractivity contribution is -0.220. The number of carbonyl (C=O) groups excluding carboxylic acids is 5. The molecule has 670 valence electrons. The minimum absolute atomic E-state index is 0. The number of carbonyl (C=O) groups is 5. The lowest BCUT2D eigenvalue weighted by Crippen LogP contribution is -2.60. The van der Waals surface area contributed by atoms with Gasteiger partial charge in [-0.2, -0.15) is 0 Å². The zero-order chi connectivity index (χ0) is 75.4. The molecule has 0 saturated heterocycles. The van der Waals surface area contributed by atoms with Crippen LogP contribution in [0.1, 0.15) is 458 Å². The number of esters is 5. The fraction of sp³-hybridized carbons (Fsp3) is 0.951. The molecule has 3 unspecified atom stereocenters. The quantitative estimate of drug-likeness (QED) is 0.0762. The Kier molecular flexibility index (Phi) is 41.7. The van der Waals surface area contributed by atoms with Crippen LogP contribution in [-0.4, -0.2) is 58.4 Å². The molecule has 113 heavy (non-hydrogen) atoms. The summed E-state index contributed by atoms with van der Waals surface area (Å²) in [5.41, 5.74) is -2.20. The first-order chi connectivity index (χ1) is 48.2. The summed E-state index contributed by atoms with van der Waals surface area (Å²) in [7, 11) is 0. The smallest absolute Gasteiger partial charge is 0.312 e. The number of fused-ring (bicyclic) bond motifs is 2. The maximum Gasteiger partial charge on any atom is 0.312 e. The molecule has 0 amide bonds. The molecule has 0 heterocycles. The molecule has 0 spiro atoms. The van der Waals surface area contributed by atoms with Crippen LogP contribution in [0.5, 0.6) is 0 Å². The maximum absolute atomic E-state index is 12.8. The van der Waals surface area contributed by atoms with Gasteiger partial charge in [-0.1, -0.05) is 162 Å². The van der Waals surface area contributed by atoms with Crippen molar-refractivity contribution >= 4 is 29.8 Å². The van der Waals surface area contributed by atoms with Gasteiger partial charge in [0.2, 0.25) is 0 Å². The van der Waals surface area contributed by atoms with Crippen LogP contribution in [0.2, 0.25) is 0 Å². The second-order valence-corrected chi connectivity index (χ2v) is 43.2. The van der Waals surface area contributed by atoms with Crippen molar-refractivity contribution < 1.29 is 47.7 Å². The van der Waals surface area contributed by atoms with Gasteiger partial charge in [-0.05, 0) is 408 Å². The zero-order valence-electron chi connectivity index (χ0n) is 70.6. The van der Waals surface area contributed by atoms with Gasteiger partial charge in [0, 0.05) is 5.41 Å². The van der Waals surface area contributed by atoms with E-state index in [1.54, 1.807) is 0 Å². The van der Waals surface area contributed by atoms with Crippen LogP contribution < -0.4 is 0 Å². The molecule has 18 rings (SSSR count). The van der Waals surface area contributed by atoms with E-state index in [1.807, 2.05) is 69.2 Å². The lowest BCUT2D eigenvalue weighted by Gasteiger charge is -2.61. The Bertz CT molecular complexity index is 2750. The van der Waals surface area contributed by atoms with Crippen molar-refractivity contribution in [3.05, 3.63) is 0 Å². The fourth-order valence-electron chi connectivity index (χ4n) is 25.3. The summed E-state index contributed by atoms with van der Waals surface area (Å²) in [5, 5.41) is 0. The summed E-state index contributed by atoms with van der Waals surface area (Å²) in [4.78, 5) is 63.0. The molecule has 0 aromatic carbocycles. The molecule has 3 atom stereocenters. The summed E-state index contributed by atoms with van der Waals surface area (Å²) in [5.74, 6) is 15.0. The summed E-state index contributed by atoms with van der Waals surface area (Å²) < 4.78 is 31.0. The zero-order valence-corrected chi connectivity index (χ0v) is 70.6. The van der Waals surface area contributed by atoms with Crippen molar-refractivity contribution in [2.24, 2.45) is 145 Å². The lowest BCUT2D eigenvalue weighted by atomic mass is 9.46. The Morgan fingerprint density at radius 1 is 0.345 bits per heavy atom. The summed E-state index contributed by atoms with van der Waals surface area (Å²) in [6.07, 6.45) is 45.2. The minimum Gasteiger partial charge on any atom is -0.461 e. The van der Waals surface area contributed by atoms with Crippen LogP contribution in [0.25, 0.3) is 0 Å². The molecule has 10 heteroatoms. The molecule has 18 aliphatic carbocycles. The molecule has 10 nitrogen and oxygen atoms in total. The third-order valence-corrected chi connectivity index (χ3v) is 33.5. The van der Waals surface area contributed by atoms with Crippen LogP contribution in [0.3, 0.4) is 0 Å². The summed E-state index contributed by atoms with van der Waals surface area (Å²) in [6, 6.07) is 0. The normalized spacial score (nSPS) is 35.8. The van der Waals surface area contributed by atoms with Gasteiger partial charge in [0.1, 0.15) is 28.5 Å². The predicted octanol–water partition coefficient (Wildman–Crippen LogP) is 30.6. The highest BCUT2D eigenvalue weighted by molar-refractivity contribution is 5.78. The van der Waals surface area contributed by atoms with Gasteiger partial charge in [-0.25, -0.2) is 0 Å². The van der Waals surface area contributed by atoms with E-state index in [1.165, 1.54) is 186 Å². The van der Waals surface area contributed by atoms with Crippen LogP contribution in [-0.2, 0) is 47.7 Å². The summed E-state index contributed by atoms with van der Waals surface area (Å²) >= 11 is 0. The van der Waals surface area contributed by atoms with Crippen LogP contribution in [0, 0.1) is 145 Å². The van der Waals surface area contributed by atoms with E-state index in [2.05, 4.69) is 83.1 Å². The van der Waals surface area contributed by atoms with Gasteiger partial charge < -0.3 is 23.7 Å². The Morgan fingerprint density at radius 3 is 0.947 bits per heavy atom. The van der Waals surface area contributed by atoms with Gasteiger partial charge >= 0.3 is 29.8 Å². The first-order valence-corrected chi connectivity index (χ1v) is 44.3. The first-order valence-electron chi connectivity index (χ1n) is 44.3. The predicted molar refractivity (Wildman–Crippen MR) is 484 cm³/mol. The van der Waals surface area contributed by atoms with Crippen molar-refractivity contribution in [2.45, 2.75) is 486 Å². The van der Waals surface area contributed by atoms with Gasteiger partial charge in [-0.15, -0.1) is 0 Å². The topological polar surface area (TPSA) is 132 Å². The van der Waals surface area contributed by atoms with Crippen molar-refractivity contribution in [1.29, 1.82) is 0 Å². The fourth-order valence-corrected chi connectivity index (χ4v) is 25.3. The van der Waals surface area contributed by atoms with Crippen LogP contribution in [0.15, 0.2) is 0 Å². The highest BCUT2D eigenvalue weighted by atomic mass is 16.6. The molecule has 0 aromatic rings. The molecule has 0 N–H and O–H groups in total. The molecule has 18 saturated carbocycles. The van der Waals surface area contributed by atoms with Gasteiger partial charge in [0.05, 0.1) is 27.1 Å². The highest BCUT2D eigenvalue weighted by Gasteiger charge is 2.63. The van der Waals surface area contributed by atoms with E-state index in [0.29, 0.717) is 47.3 Å². The van der Waals surface area contributed by atoms with E-state index in [0.717, 1.165) is 110 Å². The Labute approximate surface area is 704 Å². The average molecular weight is 1600 g/mol. The third kappa shape index (κ3) is 23.3. The van der Waals surface area contributed by atoms with Crippen molar-refractivity contribution in [3.8, 4) is 0 Å². The average Bonchev–Trinajstić information content (AvgIpc) is 0.748. The van der Waals surface area contributed by atoms with Gasteiger partial charge in [0.25, 0.3) is 0 Å². The minimum atomic E-state index is -0.362. The Balaban J connectivity index is 0.00000136. The van der Waals surface area contributed by atoms with Crippen molar-refractivity contribution in [2.75, 3.05) is 0 Å². The second-order valence-electron chi connectivity index (χ2n) is 43.2. The second kappa shape index (κ2) is 42.7. The van der Waals surface area contributed by atoms with E-state index in [4.69, 9.17) is 23.7 Å². The molecule has 18 aliphatic rings. The number of rotatable bonds is 22. The van der Waals surface area contributed by atoms with Gasteiger partial charge in [0.15, 0.2) is 0 Å². The van der Waals surface area contributed by atoms with Crippen LogP contribution in [0.4, 0.5) is 0 Å². The molecule has 18 bridgehead atoms. The molecule has 0 aliphatic heterocycles. The molecular weight excluding hydrogens is 1400 g/mol. The molecule has 0 aromatic heterocycles. The summed E-state index contributed by atoms with van der Waals surface area (Å²) in [6.45, 7) is 46.0. The largest absolute Gasteiger partial charge is 0.461 e. The number of ether oxygens (including phenoxy) is 5. The SMILES string of the molecule is C.C.C.C.C.C.C.C.C.C.CCC(C)(C)C(=O)OC(C(C)C)C1CC2CCCC(C2)C1.CCC(C)(C)C(=O)OC(C)(C)C12CC3CC(CC(C3)C1)C2.CCC(C)(C)C(=O)OC1(C)C2CC3CC(C2)CC1C3.CCC(C)(C)C(=O)OC1(CC)C2CC3CC(C2)CC1C3.CCCCC1(OC(=O)C(C)(C)CC)C2CC3CC(C2)CC1C3. The molecule has 18 fully saturated rings. The molecular formula is C103H198O10. The van der Waals surface area contributed by atoms with E-state index in [-0.39, 0.29) is 165 Å².